The number of rotatable bonds is 2. The SMILES string of the molecule is CC(c1ccc(F)c(F)c1)N(C)C. The molecule has 0 N–H and O–H groups in total. The van der Waals surface area contributed by atoms with Gasteiger partial charge in [-0.3, -0.25) is 0 Å². The first-order chi connectivity index (χ1) is 6.02. The molecule has 0 radical (unpaired) electrons. The van der Waals surface area contributed by atoms with E-state index in [0.717, 1.165) is 11.6 Å². The Morgan fingerprint density at radius 3 is 2.23 bits per heavy atom. The Labute approximate surface area is 77.0 Å². The van der Waals surface area contributed by atoms with Gasteiger partial charge in [-0.1, -0.05) is 6.07 Å². The normalized spacial score (nSPS) is 13.4. The fourth-order valence-electron chi connectivity index (χ4n) is 1.07. The van der Waals surface area contributed by atoms with Crippen molar-refractivity contribution in [2.75, 3.05) is 14.1 Å². The molecule has 1 nitrogen and oxygen atoms in total. The molecule has 0 aliphatic heterocycles. The van der Waals surface area contributed by atoms with E-state index in [4.69, 9.17) is 0 Å². The number of hydrogen-bond acceptors (Lipinski definition) is 1. The van der Waals surface area contributed by atoms with E-state index < -0.39 is 11.6 Å². The smallest absolute Gasteiger partial charge is 0.159 e. The number of halogens is 2. The first kappa shape index (κ1) is 10.1. The van der Waals surface area contributed by atoms with Crippen LogP contribution in [-0.2, 0) is 0 Å². The van der Waals surface area contributed by atoms with Crippen molar-refractivity contribution in [2.45, 2.75) is 13.0 Å². The third-order valence-electron chi connectivity index (χ3n) is 2.20. The molecule has 0 aliphatic rings. The predicted octanol–water partition coefficient (Wildman–Crippen LogP) is 2.59. The van der Waals surface area contributed by atoms with Crippen molar-refractivity contribution in [3.8, 4) is 0 Å². The molecule has 0 saturated carbocycles. The summed E-state index contributed by atoms with van der Waals surface area (Å²) in [5.41, 5.74) is 0.781. The number of hydrogen-bond donors (Lipinski definition) is 0. The van der Waals surface area contributed by atoms with E-state index in [0.29, 0.717) is 0 Å². The van der Waals surface area contributed by atoms with Crippen molar-refractivity contribution in [1.29, 1.82) is 0 Å². The maximum Gasteiger partial charge on any atom is 0.159 e. The first-order valence-corrected chi connectivity index (χ1v) is 4.13. The Hall–Kier alpha value is -0.960. The Morgan fingerprint density at radius 2 is 1.77 bits per heavy atom. The minimum absolute atomic E-state index is 0.0927. The Balaban J connectivity index is 2.97. The lowest BCUT2D eigenvalue weighted by molar-refractivity contribution is 0.319. The van der Waals surface area contributed by atoms with Gasteiger partial charge in [0.15, 0.2) is 11.6 Å². The zero-order valence-electron chi connectivity index (χ0n) is 8.01. The largest absolute Gasteiger partial charge is 0.303 e. The van der Waals surface area contributed by atoms with Gasteiger partial charge in [0, 0.05) is 6.04 Å². The van der Waals surface area contributed by atoms with Crippen LogP contribution >= 0.6 is 0 Å². The van der Waals surface area contributed by atoms with Crippen LogP contribution in [0.5, 0.6) is 0 Å². The quantitative estimate of drug-likeness (QED) is 0.684. The average Bonchev–Trinajstić information content (AvgIpc) is 2.08. The lowest BCUT2D eigenvalue weighted by atomic mass is 10.1. The van der Waals surface area contributed by atoms with E-state index in [1.54, 1.807) is 6.07 Å². The number of nitrogens with zero attached hydrogens (tertiary/aromatic N) is 1. The Kier molecular flexibility index (Phi) is 2.98. The van der Waals surface area contributed by atoms with Crippen molar-refractivity contribution in [3.05, 3.63) is 35.4 Å². The molecule has 0 aliphatic carbocycles. The summed E-state index contributed by atoms with van der Waals surface area (Å²) in [7, 11) is 3.79. The molecule has 0 spiro atoms. The minimum atomic E-state index is -0.797. The second-order valence-electron chi connectivity index (χ2n) is 3.31. The summed E-state index contributed by atoms with van der Waals surface area (Å²) >= 11 is 0. The molecule has 0 heterocycles. The van der Waals surface area contributed by atoms with Gasteiger partial charge in [-0.2, -0.15) is 0 Å². The Bertz CT molecular complexity index is 297. The number of benzene rings is 1. The fraction of sp³-hybridized carbons (Fsp3) is 0.400. The van der Waals surface area contributed by atoms with E-state index >= 15 is 0 Å². The van der Waals surface area contributed by atoms with E-state index in [2.05, 4.69) is 0 Å². The van der Waals surface area contributed by atoms with Crippen LogP contribution in [0.2, 0.25) is 0 Å². The van der Waals surface area contributed by atoms with Gasteiger partial charge in [0.25, 0.3) is 0 Å². The summed E-state index contributed by atoms with van der Waals surface area (Å²) in [5, 5.41) is 0. The molecule has 1 aromatic carbocycles. The zero-order valence-corrected chi connectivity index (χ0v) is 8.01. The lowest BCUT2D eigenvalue weighted by Crippen LogP contribution is -2.16. The highest BCUT2D eigenvalue weighted by molar-refractivity contribution is 5.20. The molecule has 13 heavy (non-hydrogen) atoms. The Morgan fingerprint density at radius 1 is 1.15 bits per heavy atom. The summed E-state index contributed by atoms with van der Waals surface area (Å²) in [5.74, 6) is -1.58. The summed E-state index contributed by atoms with van der Waals surface area (Å²) in [6.45, 7) is 1.94. The van der Waals surface area contributed by atoms with Crippen LogP contribution < -0.4 is 0 Å². The summed E-state index contributed by atoms with van der Waals surface area (Å²) in [6, 6.07) is 4.09. The molecule has 0 fully saturated rings. The highest BCUT2D eigenvalue weighted by atomic mass is 19.2. The molecule has 1 unspecified atom stereocenters. The zero-order chi connectivity index (χ0) is 10.0. The van der Waals surface area contributed by atoms with Crippen LogP contribution in [0.1, 0.15) is 18.5 Å². The molecule has 1 atom stereocenters. The van der Waals surface area contributed by atoms with Crippen molar-refractivity contribution < 1.29 is 8.78 Å². The van der Waals surface area contributed by atoms with Gasteiger partial charge in [-0.15, -0.1) is 0 Å². The third-order valence-corrected chi connectivity index (χ3v) is 2.20. The molecular weight excluding hydrogens is 172 g/mol. The molecule has 0 saturated heterocycles. The van der Waals surface area contributed by atoms with Crippen LogP contribution in [0.25, 0.3) is 0 Å². The average molecular weight is 185 g/mol. The molecule has 3 heteroatoms. The van der Waals surface area contributed by atoms with Crippen LogP contribution in [0.3, 0.4) is 0 Å². The van der Waals surface area contributed by atoms with E-state index in [1.165, 1.54) is 6.07 Å². The second-order valence-corrected chi connectivity index (χ2v) is 3.31. The molecule has 1 aromatic rings. The van der Waals surface area contributed by atoms with Crippen LogP contribution in [0.15, 0.2) is 18.2 Å². The van der Waals surface area contributed by atoms with E-state index in [-0.39, 0.29) is 6.04 Å². The summed E-state index contributed by atoms with van der Waals surface area (Å²) < 4.78 is 25.4. The highest BCUT2D eigenvalue weighted by Crippen LogP contribution is 2.19. The third kappa shape index (κ3) is 2.25. The predicted molar refractivity (Wildman–Crippen MR) is 48.5 cm³/mol. The van der Waals surface area contributed by atoms with Crippen molar-refractivity contribution >= 4 is 0 Å². The van der Waals surface area contributed by atoms with Crippen molar-refractivity contribution in [3.63, 3.8) is 0 Å². The van der Waals surface area contributed by atoms with Gasteiger partial charge in [-0.05, 0) is 38.7 Å². The van der Waals surface area contributed by atoms with Gasteiger partial charge < -0.3 is 4.90 Å². The maximum absolute atomic E-state index is 12.8. The van der Waals surface area contributed by atoms with E-state index in [9.17, 15) is 8.78 Å². The van der Waals surface area contributed by atoms with Gasteiger partial charge in [0.1, 0.15) is 0 Å². The standard InChI is InChI=1S/C10H13F2N/c1-7(13(2)3)8-4-5-9(11)10(12)6-8/h4-7H,1-3H3. The lowest BCUT2D eigenvalue weighted by Gasteiger charge is -2.19. The van der Waals surface area contributed by atoms with Gasteiger partial charge >= 0.3 is 0 Å². The molecule has 1 rings (SSSR count). The molecular formula is C10H13F2N. The highest BCUT2D eigenvalue weighted by Gasteiger charge is 2.10. The molecule has 0 bridgehead atoms. The second kappa shape index (κ2) is 3.83. The van der Waals surface area contributed by atoms with Gasteiger partial charge in [-0.25, -0.2) is 8.78 Å². The van der Waals surface area contributed by atoms with Gasteiger partial charge in [0.05, 0.1) is 0 Å². The van der Waals surface area contributed by atoms with Crippen molar-refractivity contribution in [2.24, 2.45) is 0 Å². The monoisotopic (exact) mass is 185 g/mol. The topological polar surface area (TPSA) is 3.24 Å². The summed E-state index contributed by atoms with van der Waals surface area (Å²) in [4.78, 5) is 1.94. The minimum Gasteiger partial charge on any atom is -0.303 e. The van der Waals surface area contributed by atoms with E-state index in [1.807, 2.05) is 25.9 Å². The molecule has 0 aromatic heterocycles. The van der Waals surface area contributed by atoms with Gasteiger partial charge in [0.2, 0.25) is 0 Å². The first-order valence-electron chi connectivity index (χ1n) is 4.13. The summed E-state index contributed by atoms with van der Waals surface area (Å²) in [6.07, 6.45) is 0. The van der Waals surface area contributed by atoms with Crippen LogP contribution in [0, 0.1) is 11.6 Å². The maximum atomic E-state index is 12.8. The van der Waals surface area contributed by atoms with Crippen LogP contribution in [0.4, 0.5) is 8.78 Å². The van der Waals surface area contributed by atoms with Crippen molar-refractivity contribution in [1.82, 2.24) is 4.90 Å². The van der Waals surface area contributed by atoms with Crippen LogP contribution in [-0.4, -0.2) is 19.0 Å². The molecule has 0 amide bonds. The fourth-order valence-corrected chi connectivity index (χ4v) is 1.07. The molecule has 72 valence electrons.